The van der Waals surface area contributed by atoms with Crippen molar-refractivity contribution in [1.82, 2.24) is 14.9 Å². The smallest absolute Gasteiger partial charge is 0.353 e. The number of para-hydroxylation sites is 1. The number of amides is 1. The number of hydrogen-bond donors (Lipinski definition) is 1. The van der Waals surface area contributed by atoms with E-state index in [4.69, 9.17) is 0 Å². The predicted molar refractivity (Wildman–Crippen MR) is 116 cm³/mol. The van der Waals surface area contributed by atoms with E-state index in [2.05, 4.69) is 10.3 Å². The summed E-state index contributed by atoms with van der Waals surface area (Å²) in [5.74, 6) is -0.222. The Morgan fingerprint density at radius 1 is 1.16 bits per heavy atom. The lowest BCUT2D eigenvalue weighted by molar-refractivity contribution is -0.137. The van der Waals surface area contributed by atoms with Crippen molar-refractivity contribution < 1.29 is 18.0 Å². The summed E-state index contributed by atoms with van der Waals surface area (Å²) in [7, 11) is 0. The predicted octanol–water partition coefficient (Wildman–Crippen LogP) is 4.80. The van der Waals surface area contributed by atoms with Gasteiger partial charge >= 0.3 is 6.18 Å². The minimum absolute atomic E-state index is 0.0414. The second kappa shape index (κ2) is 9.13. The Hall–Kier alpha value is -2.81. The van der Waals surface area contributed by atoms with Gasteiger partial charge in [0.2, 0.25) is 5.91 Å². The summed E-state index contributed by atoms with van der Waals surface area (Å²) in [6.45, 7) is 5.50. The molecular weight excluding hydrogens is 427 g/mol. The molecule has 0 spiro atoms. The van der Waals surface area contributed by atoms with Gasteiger partial charge in [-0.05, 0) is 50.6 Å². The van der Waals surface area contributed by atoms with Crippen LogP contribution in [0.15, 0.2) is 58.5 Å². The minimum atomic E-state index is -4.56. The zero-order chi connectivity index (χ0) is 22.8. The summed E-state index contributed by atoms with van der Waals surface area (Å²) in [5.41, 5.74) is -0.908. The van der Waals surface area contributed by atoms with Crippen LogP contribution >= 0.6 is 11.8 Å². The lowest BCUT2D eigenvalue weighted by atomic mass is 10.2. The molecule has 0 saturated heterocycles. The number of nitrogens with one attached hydrogen (secondary N) is 1. The molecule has 31 heavy (non-hydrogen) atoms. The van der Waals surface area contributed by atoms with Gasteiger partial charge in [0.1, 0.15) is 0 Å². The van der Waals surface area contributed by atoms with E-state index < -0.39 is 22.5 Å². The van der Waals surface area contributed by atoms with Crippen molar-refractivity contribution in [3.05, 3.63) is 64.4 Å². The molecular formula is C22H22F3N3O2S. The Bertz CT molecular complexity index is 1160. The van der Waals surface area contributed by atoms with Crippen LogP contribution in [0.25, 0.3) is 16.6 Å². The van der Waals surface area contributed by atoms with E-state index in [1.54, 1.807) is 24.3 Å². The van der Waals surface area contributed by atoms with E-state index in [0.717, 1.165) is 28.5 Å². The lowest BCUT2D eigenvalue weighted by Crippen LogP contribution is -2.37. The molecule has 0 aliphatic heterocycles. The van der Waals surface area contributed by atoms with Crippen LogP contribution in [0.5, 0.6) is 0 Å². The van der Waals surface area contributed by atoms with E-state index >= 15 is 0 Å². The van der Waals surface area contributed by atoms with Crippen molar-refractivity contribution in [1.29, 1.82) is 0 Å². The summed E-state index contributed by atoms with van der Waals surface area (Å²) in [6.07, 6.45) is -4.10. The number of hydrogen-bond acceptors (Lipinski definition) is 4. The van der Waals surface area contributed by atoms with Crippen molar-refractivity contribution in [2.45, 2.75) is 49.8 Å². The highest BCUT2D eigenvalue weighted by Crippen LogP contribution is 2.32. The maximum atomic E-state index is 13.3. The highest BCUT2D eigenvalue weighted by molar-refractivity contribution is 8.00. The Labute approximate surface area is 181 Å². The first-order valence-corrected chi connectivity index (χ1v) is 10.7. The maximum Gasteiger partial charge on any atom is 0.416 e. The molecule has 0 radical (unpaired) electrons. The molecule has 0 aliphatic rings. The number of rotatable bonds is 6. The van der Waals surface area contributed by atoms with Gasteiger partial charge < -0.3 is 5.32 Å². The quantitative estimate of drug-likeness (QED) is 0.434. The number of halogens is 3. The van der Waals surface area contributed by atoms with Gasteiger partial charge in [-0.15, -0.1) is 0 Å². The van der Waals surface area contributed by atoms with Crippen LogP contribution in [0.4, 0.5) is 13.2 Å². The molecule has 0 saturated carbocycles. The summed E-state index contributed by atoms with van der Waals surface area (Å²) < 4.78 is 41.0. The summed E-state index contributed by atoms with van der Waals surface area (Å²) in [6, 6.07) is 11.1. The average Bonchev–Trinajstić information content (AvgIpc) is 2.71. The number of carbonyl (C=O) groups excluding carboxylic acids is 1. The van der Waals surface area contributed by atoms with Crippen LogP contribution in [0.2, 0.25) is 0 Å². The normalized spacial score (nSPS) is 12.9. The van der Waals surface area contributed by atoms with Crippen LogP contribution in [0.1, 0.15) is 32.8 Å². The molecule has 0 fully saturated rings. The first kappa shape index (κ1) is 22.9. The van der Waals surface area contributed by atoms with Crippen LogP contribution < -0.4 is 10.9 Å². The lowest BCUT2D eigenvalue weighted by Gasteiger charge is -2.19. The minimum Gasteiger partial charge on any atom is -0.353 e. The van der Waals surface area contributed by atoms with Gasteiger partial charge in [-0.3, -0.25) is 14.2 Å². The van der Waals surface area contributed by atoms with Crippen molar-refractivity contribution in [3.8, 4) is 5.69 Å². The van der Waals surface area contributed by atoms with Crippen LogP contribution in [-0.2, 0) is 11.0 Å². The molecule has 0 bridgehead atoms. The molecule has 1 N–H and O–H groups in total. The number of fused-ring (bicyclic) bond motifs is 1. The van der Waals surface area contributed by atoms with Crippen LogP contribution in [-0.4, -0.2) is 26.8 Å². The van der Waals surface area contributed by atoms with Crippen molar-refractivity contribution in [3.63, 3.8) is 0 Å². The SMILES string of the molecule is CCC(Sc1nc2ccccc2c(=O)n1-c1cccc(C(F)(F)F)c1)C(=O)NC(C)C. The van der Waals surface area contributed by atoms with Gasteiger partial charge in [-0.25, -0.2) is 4.98 Å². The molecule has 1 atom stereocenters. The van der Waals surface area contributed by atoms with Gasteiger partial charge in [0.15, 0.2) is 5.16 Å². The first-order chi connectivity index (χ1) is 14.6. The summed E-state index contributed by atoms with van der Waals surface area (Å²) in [4.78, 5) is 30.3. The van der Waals surface area contributed by atoms with Crippen molar-refractivity contribution in [2.24, 2.45) is 0 Å². The van der Waals surface area contributed by atoms with Crippen LogP contribution in [0, 0.1) is 0 Å². The summed E-state index contributed by atoms with van der Waals surface area (Å²) in [5, 5.41) is 2.71. The van der Waals surface area contributed by atoms with Gasteiger partial charge in [-0.2, -0.15) is 13.2 Å². The number of aromatic nitrogens is 2. The van der Waals surface area contributed by atoms with Crippen molar-refractivity contribution >= 4 is 28.6 Å². The standard InChI is InChI=1S/C22H22F3N3O2S/c1-4-18(19(29)26-13(2)3)31-21-27-17-11-6-5-10-16(17)20(30)28(21)15-9-7-8-14(12-15)22(23,24)25/h5-13,18H,4H2,1-3H3,(H,26,29). The second-order valence-electron chi connectivity index (χ2n) is 7.28. The van der Waals surface area contributed by atoms with E-state index in [-0.39, 0.29) is 28.2 Å². The number of benzene rings is 2. The van der Waals surface area contributed by atoms with E-state index in [1.165, 1.54) is 12.1 Å². The Kier molecular flexibility index (Phi) is 6.74. The van der Waals surface area contributed by atoms with Crippen LogP contribution in [0.3, 0.4) is 0 Å². The number of thioether (sulfide) groups is 1. The zero-order valence-corrected chi connectivity index (χ0v) is 18.1. The molecule has 1 amide bonds. The average molecular weight is 449 g/mol. The topological polar surface area (TPSA) is 64.0 Å². The van der Waals surface area contributed by atoms with Gasteiger partial charge in [0.25, 0.3) is 5.56 Å². The number of alkyl halides is 3. The molecule has 3 aromatic rings. The van der Waals surface area contributed by atoms with Crippen molar-refractivity contribution in [2.75, 3.05) is 0 Å². The second-order valence-corrected chi connectivity index (χ2v) is 8.45. The maximum absolute atomic E-state index is 13.3. The molecule has 0 aliphatic carbocycles. The molecule has 1 unspecified atom stereocenters. The van der Waals surface area contributed by atoms with Gasteiger partial charge in [0.05, 0.1) is 27.4 Å². The third-order valence-electron chi connectivity index (χ3n) is 4.52. The number of carbonyl (C=O) groups is 1. The Morgan fingerprint density at radius 2 is 1.87 bits per heavy atom. The summed E-state index contributed by atoms with van der Waals surface area (Å²) >= 11 is 1.06. The molecule has 1 heterocycles. The molecule has 5 nitrogen and oxygen atoms in total. The highest BCUT2D eigenvalue weighted by atomic mass is 32.2. The monoisotopic (exact) mass is 449 g/mol. The third-order valence-corrected chi connectivity index (χ3v) is 5.84. The van der Waals surface area contributed by atoms with E-state index in [9.17, 15) is 22.8 Å². The molecule has 9 heteroatoms. The van der Waals surface area contributed by atoms with E-state index in [0.29, 0.717) is 11.9 Å². The van der Waals surface area contributed by atoms with E-state index in [1.807, 2.05) is 20.8 Å². The molecule has 2 aromatic carbocycles. The zero-order valence-electron chi connectivity index (χ0n) is 17.2. The number of nitrogens with zero attached hydrogens (tertiary/aromatic N) is 2. The molecule has 164 valence electrons. The van der Waals surface area contributed by atoms with Gasteiger partial charge in [0, 0.05) is 6.04 Å². The fourth-order valence-corrected chi connectivity index (χ4v) is 4.11. The Balaban J connectivity index is 2.19. The van der Waals surface area contributed by atoms with Gasteiger partial charge in [-0.1, -0.05) is 36.9 Å². The Morgan fingerprint density at radius 3 is 2.52 bits per heavy atom. The first-order valence-electron chi connectivity index (χ1n) is 9.78. The fraction of sp³-hybridized carbons (Fsp3) is 0.318. The highest BCUT2D eigenvalue weighted by Gasteiger charge is 2.31. The molecule has 3 rings (SSSR count). The third kappa shape index (κ3) is 5.10. The molecule has 1 aromatic heterocycles. The fourth-order valence-electron chi connectivity index (χ4n) is 3.07. The largest absolute Gasteiger partial charge is 0.416 e.